The molecule has 23 heavy (non-hydrogen) atoms. The van der Waals surface area contributed by atoms with Gasteiger partial charge in [-0.05, 0) is 38.7 Å². The minimum atomic E-state index is -0.110. The topological polar surface area (TPSA) is 69.1 Å². The molecule has 0 radical (unpaired) electrons. The molecule has 1 saturated heterocycles. The lowest BCUT2D eigenvalue weighted by molar-refractivity contribution is -0.890. The van der Waals surface area contributed by atoms with Crippen LogP contribution in [0.1, 0.15) is 43.0 Å². The van der Waals surface area contributed by atoms with Gasteiger partial charge in [0.1, 0.15) is 0 Å². The molecule has 0 aliphatic carbocycles. The fourth-order valence-electron chi connectivity index (χ4n) is 3.16. The molecule has 0 aromatic heterocycles. The molecule has 2 N–H and O–H groups in total. The van der Waals surface area contributed by atoms with Crippen LogP contribution in [0.3, 0.4) is 0 Å². The standard InChI is InChI=1S/C17H22N2O4/c1-12(20)13-8-15-16(23-11-22-15)9-14(13)18-17(21)10-19-6-4-2-3-5-7-19/h8-9H,2-7,10-11H2,1H3,(H,18,21)/p+1. The van der Waals surface area contributed by atoms with Gasteiger partial charge in [-0.15, -0.1) is 0 Å². The van der Waals surface area contributed by atoms with Crippen molar-refractivity contribution in [3.63, 3.8) is 0 Å². The number of benzene rings is 1. The number of ether oxygens (including phenoxy) is 2. The zero-order valence-corrected chi connectivity index (χ0v) is 13.4. The number of fused-ring (bicyclic) bond motifs is 1. The first-order chi connectivity index (χ1) is 11.1. The van der Waals surface area contributed by atoms with Crippen molar-refractivity contribution >= 4 is 17.4 Å². The molecule has 124 valence electrons. The van der Waals surface area contributed by atoms with Gasteiger partial charge >= 0.3 is 0 Å². The molecule has 1 aromatic rings. The molecule has 2 aliphatic rings. The number of likely N-dealkylation sites (tertiary alicyclic amines) is 1. The SMILES string of the molecule is CC(=O)c1cc2c(cc1NC(=O)C[NH+]1CCCCCC1)OCO2. The van der Waals surface area contributed by atoms with Gasteiger partial charge in [-0.2, -0.15) is 0 Å². The van der Waals surface area contributed by atoms with Crippen molar-refractivity contribution in [3.05, 3.63) is 17.7 Å². The lowest BCUT2D eigenvalue weighted by atomic mass is 10.1. The molecule has 0 bridgehead atoms. The van der Waals surface area contributed by atoms with E-state index in [1.807, 2.05) is 0 Å². The average Bonchev–Trinajstić information content (AvgIpc) is 2.81. The maximum atomic E-state index is 12.4. The van der Waals surface area contributed by atoms with Crippen LogP contribution in [0.4, 0.5) is 5.69 Å². The number of rotatable bonds is 4. The summed E-state index contributed by atoms with van der Waals surface area (Å²) in [5.74, 6) is 0.933. The largest absolute Gasteiger partial charge is 0.454 e. The lowest BCUT2D eigenvalue weighted by Gasteiger charge is -2.17. The van der Waals surface area contributed by atoms with E-state index in [0.29, 0.717) is 29.3 Å². The highest BCUT2D eigenvalue weighted by atomic mass is 16.7. The summed E-state index contributed by atoms with van der Waals surface area (Å²) in [4.78, 5) is 25.5. The summed E-state index contributed by atoms with van der Waals surface area (Å²) in [5.41, 5.74) is 0.953. The molecular weight excluding hydrogens is 296 g/mol. The number of anilines is 1. The summed E-state index contributed by atoms with van der Waals surface area (Å²) < 4.78 is 10.6. The van der Waals surface area contributed by atoms with E-state index >= 15 is 0 Å². The second-order valence-corrected chi connectivity index (χ2v) is 6.20. The molecule has 0 saturated carbocycles. The molecule has 6 heteroatoms. The Bertz CT molecular complexity index is 607. The number of quaternary nitrogens is 1. The van der Waals surface area contributed by atoms with Crippen molar-refractivity contribution in [3.8, 4) is 11.5 Å². The smallest absolute Gasteiger partial charge is 0.279 e. The van der Waals surface area contributed by atoms with E-state index in [4.69, 9.17) is 9.47 Å². The van der Waals surface area contributed by atoms with Gasteiger partial charge in [-0.1, -0.05) is 0 Å². The Kier molecular flexibility index (Phi) is 4.81. The second kappa shape index (κ2) is 7.00. The van der Waals surface area contributed by atoms with Crippen molar-refractivity contribution in [2.24, 2.45) is 0 Å². The second-order valence-electron chi connectivity index (χ2n) is 6.20. The van der Waals surface area contributed by atoms with E-state index in [2.05, 4.69) is 5.32 Å². The van der Waals surface area contributed by atoms with Gasteiger partial charge in [0.2, 0.25) is 6.79 Å². The summed E-state index contributed by atoms with van der Waals surface area (Å²) in [6.45, 7) is 4.13. The van der Waals surface area contributed by atoms with Crippen molar-refractivity contribution in [1.29, 1.82) is 0 Å². The third-order valence-corrected chi connectivity index (χ3v) is 4.39. The van der Waals surface area contributed by atoms with Crippen molar-refractivity contribution in [2.75, 3.05) is 31.7 Å². The fraction of sp³-hybridized carbons (Fsp3) is 0.529. The summed E-state index contributed by atoms with van der Waals surface area (Å²) in [6.07, 6.45) is 4.85. The molecule has 6 nitrogen and oxygen atoms in total. The van der Waals surface area contributed by atoms with E-state index in [1.54, 1.807) is 12.1 Å². The predicted octanol–water partition coefficient (Wildman–Crippen LogP) is 1.02. The molecular formula is C17H23N2O4+. The molecule has 1 aromatic carbocycles. The Balaban J connectivity index is 1.71. The Labute approximate surface area is 135 Å². The molecule has 1 fully saturated rings. The van der Waals surface area contributed by atoms with Crippen LogP contribution in [0.25, 0.3) is 0 Å². The number of carbonyl (C=O) groups is 2. The highest BCUT2D eigenvalue weighted by molar-refractivity contribution is 6.04. The third kappa shape index (κ3) is 3.82. The van der Waals surface area contributed by atoms with Gasteiger partial charge in [0.15, 0.2) is 23.8 Å². The Morgan fingerprint density at radius 2 is 1.74 bits per heavy atom. The fourth-order valence-corrected chi connectivity index (χ4v) is 3.16. The van der Waals surface area contributed by atoms with Gasteiger partial charge in [-0.3, -0.25) is 9.59 Å². The first-order valence-corrected chi connectivity index (χ1v) is 8.21. The Morgan fingerprint density at radius 3 is 2.39 bits per heavy atom. The van der Waals surface area contributed by atoms with Crippen LogP contribution in [-0.4, -0.2) is 38.1 Å². The summed E-state index contributed by atoms with van der Waals surface area (Å²) in [7, 11) is 0. The minimum Gasteiger partial charge on any atom is -0.454 e. The predicted molar refractivity (Wildman–Crippen MR) is 85.2 cm³/mol. The number of ketones is 1. The van der Waals surface area contributed by atoms with Crippen molar-refractivity contribution in [2.45, 2.75) is 32.6 Å². The molecule has 0 unspecified atom stereocenters. The maximum Gasteiger partial charge on any atom is 0.279 e. The zero-order chi connectivity index (χ0) is 16.2. The van der Waals surface area contributed by atoms with Crippen LogP contribution in [0.5, 0.6) is 11.5 Å². The molecule has 3 rings (SSSR count). The van der Waals surface area contributed by atoms with E-state index in [1.165, 1.54) is 37.5 Å². The van der Waals surface area contributed by atoms with Crippen LogP contribution in [0.2, 0.25) is 0 Å². The van der Waals surface area contributed by atoms with Crippen molar-refractivity contribution in [1.82, 2.24) is 0 Å². The van der Waals surface area contributed by atoms with Gasteiger partial charge in [0.25, 0.3) is 5.91 Å². The van der Waals surface area contributed by atoms with E-state index in [-0.39, 0.29) is 18.5 Å². The average molecular weight is 319 g/mol. The summed E-state index contributed by atoms with van der Waals surface area (Å²) in [5, 5.41) is 2.87. The molecule has 1 amide bonds. The van der Waals surface area contributed by atoms with Crippen molar-refractivity contribution < 1.29 is 24.0 Å². The minimum absolute atomic E-state index is 0.0664. The molecule has 2 heterocycles. The molecule has 2 aliphatic heterocycles. The highest BCUT2D eigenvalue weighted by Gasteiger charge is 2.22. The van der Waals surface area contributed by atoms with Crippen LogP contribution in [0.15, 0.2) is 12.1 Å². The zero-order valence-electron chi connectivity index (χ0n) is 13.4. The monoisotopic (exact) mass is 319 g/mol. The molecule has 0 spiro atoms. The number of nitrogens with one attached hydrogen (secondary N) is 2. The number of amides is 1. The van der Waals surface area contributed by atoms with E-state index in [9.17, 15) is 9.59 Å². The van der Waals surface area contributed by atoms with Gasteiger partial charge in [0, 0.05) is 11.6 Å². The van der Waals surface area contributed by atoms with Gasteiger partial charge in [0.05, 0.1) is 18.8 Å². The number of carbonyl (C=O) groups excluding carboxylic acids is 2. The Morgan fingerprint density at radius 1 is 1.09 bits per heavy atom. The quantitative estimate of drug-likeness (QED) is 0.813. The number of Topliss-reactive ketones (excluding diaryl/α,β-unsaturated/α-hetero) is 1. The third-order valence-electron chi connectivity index (χ3n) is 4.39. The summed E-state index contributed by atoms with van der Waals surface area (Å²) >= 11 is 0. The first-order valence-electron chi connectivity index (χ1n) is 8.21. The Hall–Kier alpha value is -2.08. The number of hydrogen-bond donors (Lipinski definition) is 2. The number of hydrogen-bond acceptors (Lipinski definition) is 4. The maximum absolute atomic E-state index is 12.4. The molecule has 0 atom stereocenters. The highest BCUT2D eigenvalue weighted by Crippen LogP contribution is 2.37. The first kappa shape index (κ1) is 15.8. The summed E-state index contributed by atoms with van der Waals surface area (Å²) in [6, 6.07) is 3.31. The van der Waals surface area contributed by atoms with Crippen LogP contribution in [0, 0.1) is 0 Å². The van der Waals surface area contributed by atoms with Gasteiger partial charge < -0.3 is 19.7 Å². The van der Waals surface area contributed by atoms with Crippen LogP contribution < -0.4 is 19.7 Å². The van der Waals surface area contributed by atoms with Crippen LogP contribution in [-0.2, 0) is 4.79 Å². The normalized spacial score (nSPS) is 17.6. The van der Waals surface area contributed by atoms with Gasteiger partial charge in [-0.25, -0.2) is 0 Å². The van der Waals surface area contributed by atoms with Crippen LogP contribution >= 0.6 is 0 Å². The lowest BCUT2D eigenvalue weighted by Crippen LogP contribution is -3.12. The van der Waals surface area contributed by atoms with E-state index in [0.717, 1.165) is 13.1 Å². The van der Waals surface area contributed by atoms with E-state index < -0.39 is 0 Å².